The van der Waals surface area contributed by atoms with Gasteiger partial charge in [-0.15, -0.1) is 10.2 Å². The van der Waals surface area contributed by atoms with Crippen molar-refractivity contribution in [3.8, 4) is 11.5 Å². The molecule has 0 bridgehead atoms. The van der Waals surface area contributed by atoms with Gasteiger partial charge in [-0.3, -0.25) is 9.59 Å². The third-order valence-electron chi connectivity index (χ3n) is 7.65. The first-order valence-electron chi connectivity index (χ1n) is 12.7. The molecule has 2 amide bonds. The van der Waals surface area contributed by atoms with Gasteiger partial charge in [0, 0.05) is 31.7 Å². The van der Waals surface area contributed by atoms with Crippen LogP contribution in [0.5, 0.6) is 0 Å². The van der Waals surface area contributed by atoms with Crippen LogP contribution in [0.4, 0.5) is 10.2 Å². The van der Waals surface area contributed by atoms with E-state index in [1.165, 1.54) is 6.07 Å². The predicted molar refractivity (Wildman–Crippen MR) is 133 cm³/mol. The molecule has 1 N–H and O–H groups in total. The summed E-state index contributed by atoms with van der Waals surface area (Å²) in [7, 11) is 0. The van der Waals surface area contributed by atoms with Gasteiger partial charge in [0.15, 0.2) is 5.82 Å². The van der Waals surface area contributed by atoms with Gasteiger partial charge < -0.3 is 19.5 Å². The molecule has 3 aromatic rings. The van der Waals surface area contributed by atoms with Crippen molar-refractivity contribution in [2.24, 2.45) is 5.92 Å². The third-order valence-corrected chi connectivity index (χ3v) is 7.65. The van der Waals surface area contributed by atoms with E-state index in [9.17, 15) is 14.0 Å². The molecular weight excluding hydrogens is 475 g/mol. The molecule has 10 heteroatoms. The summed E-state index contributed by atoms with van der Waals surface area (Å²) >= 11 is 0. The summed E-state index contributed by atoms with van der Waals surface area (Å²) in [5.41, 5.74) is 2.00. The number of hydrogen-bond acceptors (Lipinski definition) is 6. The van der Waals surface area contributed by atoms with Crippen molar-refractivity contribution >= 4 is 17.6 Å². The van der Waals surface area contributed by atoms with Gasteiger partial charge in [-0.05, 0) is 68.5 Å². The van der Waals surface area contributed by atoms with Gasteiger partial charge >= 0.3 is 0 Å². The maximum atomic E-state index is 15.0. The Labute approximate surface area is 214 Å². The van der Waals surface area contributed by atoms with E-state index in [0.29, 0.717) is 50.1 Å². The number of nitrogens with one attached hydrogen (secondary N) is 1. The van der Waals surface area contributed by atoms with Crippen molar-refractivity contribution in [3.05, 3.63) is 58.7 Å². The van der Waals surface area contributed by atoms with E-state index in [4.69, 9.17) is 4.74 Å². The SMILES string of the molecule is CC1(C)CCc2nnc(-c3cccc(NC(=O)c4cc5c(cc4F)CCN(C(=O)[C@@H]4CCOC4)C5)n3)n21. The number of nitrogens with zero attached hydrogens (tertiary/aromatic N) is 5. The Bertz CT molecular complexity index is 1390. The molecule has 192 valence electrons. The van der Waals surface area contributed by atoms with Crippen LogP contribution in [0.2, 0.25) is 0 Å². The number of aryl methyl sites for hydroxylation is 1. The highest BCUT2D eigenvalue weighted by Gasteiger charge is 2.34. The standard InChI is InChI=1S/C27H29FN6O3/c1-27(2)9-6-23-31-32-24(34(23)27)21-4-3-5-22(29-21)30-25(35)19-12-18-14-33(10-7-16(18)13-20(19)28)26(36)17-8-11-37-15-17/h3-5,12-13,17H,6-11,14-15H2,1-2H3,(H,29,30,35)/t17-/m1/s1. The lowest BCUT2D eigenvalue weighted by molar-refractivity contribution is -0.136. The summed E-state index contributed by atoms with van der Waals surface area (Å²) < 4.78 is 22.4. The fourth-order valence-corrected chi connectivity index (χ4v) is 5.55. The Morgan fingerprint density at radius 2 is 2.03 bits per heavy atom. The van der Waals surface area contributed by atoms with E-state index < -0.39 is 11.7 Å². The molecule has 1 aromatic carbocycles. The van der Waals surface area contributed by atoms with Crippen LogP contribution in [0.25, 0.3) is 11.5 Å². The maximum absolute atomic E-state index is 15.0. The summed E-state index contributed by atoms with van der Waals surface area (Å²) in [4.78, 5) is 32.3. The molecule has 5 heterocycles. The molecule has 9 nitrogen and oxygen atoms in total. The molecule has 0 spiro atoms. The van der Waals surface area contributed by atoms with E-state index in [1.807, 2.05) is 6.07 Å². The van der Waals surface area contributed by atoms with Gasteiger partial charge in [-0.1, -0.05) is 6.07 Å². The molecule has 1 fully saturated rings. The van der Waals surface area contributed by atoms with Gasteiger partial charge in [0.25, 0.3) is 5.91 Å². The van der Waals surface area contributed by atoms with Crippen molar-refractivity contribution in [3.63, 3.8) is 0 Å². The molecule has 0 unspecified atom stereocenters. The van der Waals surface area contributed by atoms with Gasteiger partial charge in [-0.25, -0.2) is 9.37 Å². The lowest BCUT2D eigenvalue weighted by Crippen LogP contribution is -2.40. The van der Waals surface area contributed by atoms with E-state index in [-0.39, 0.29) is 22.9 Å². The average molecular weight is 505 g/mol. The summed E-state index contributed by atoms with van der Waals surface area (Å²) in [5.74, 6) is 0.609. The predicted octanol–water partition coefficient (Wildman–Crippen LogP) is 3.33. The van der Waals surface area contributed by atoms with Gasteiger partial charge in [0.2, 0.25) is 5.91 Å². The van der Waals surface area contributed by atoms with Crippen molar-refractivity contribution in [1.82, 2.24) is 24.6 Å². The molecule has 1 saturated heterocycles. The lowest BCUT2D eigenvalue weighted by atomic mass is 9.95. The monoisotopic (exact) mass is 504 g/mol. The van der Waals surface area contributed by atoms with Gasteiger partial charge in [-0.2, -0.15) is 0 Å². The van der Waals surface area contributed by atoms with Crippen LogP contribution in [0, 0.1) is 11.7 Å². The molecule has 0 aliphatic carbocycles. The Kier molecular flexibility index (Phi) is 5.78. The summed E-state index contributed by atoms with van der Waals surface area (Å²) in [6, 6.07) is 8.23. The fourth-order valence-electron chi connectivity index (χ4n) is 5.55. The van der Waals surface area contributed by atoms with Gasteiger partial charge in [0.1, 0.15) is 23.2 Å². The smallest absolute Gasteiger partial charge is 0.259 e. The third kappa shape index (κ3) is 4.29. The number of fused-ring (bicyclic) bond motifs is 2. The average Bonchev–Trinajstić information content (AvgIpc) is 3.62. The minimum Gasteiger partial charge on any atom is -0.381 e. The van der Waals surface area contributed by atoms with Crippen LogP contribution in [0.1, 0.15) is 54.0 Å². The molecule has 2 aromatic heterocycles. The molecule has 3 aliphatic rings. The second kappa shape index (κ2) is 9.02. The van der Waals surface area contributed by atoms with Crippen LogP contribution in [0.15, 0.2) is 30.3 Å². The van der Waals surface area contributed by atoms with E-state index in [0.717, 1.165) is 36.2 Å². The van der Waals surface area contributed by atoms with Crippen molar-refractivity contribution in [1.29, 1.82) is 0 Å². The van der Waals surface area contributed by atoms with Crippen molar-refractivity contribution in [2.45, 2.75) is 51.6 Å². The maximum Gasteiger partial charge on any atom is 0.259 e. The van der Waals surface area contributed by atoms with Crippen LogP contribution >= 0.6 is 0 Å². The number of rotatable bonds is 4. The second-order valence-corrected chi connectivity index (χ2v) is 10.6. The van der Waals surface area contributed by atoms with Crippen LogP contribution in [-0.4, -0.2) is 56.2 Å². The largest absolute Gasteiger partial charge is 0.381 e. The highest BCUT2D eigenvalue weighted by atomic mass is 19.1. The highest BCUT2D eigenvalue weighted by molar-refractivity contribution is 6.04. The van der Waals surface area contributed by atoms with E-state index >= 15 is 0 Å². The first-order chi connectivity index (χ1) is 17.8. The highest BCUT2D eigenvalue weighted by Crippen LogP contribution is 2.35. The lowest BCUT2D eigenvalue weighted by Gasteiger charge is -2.31. The zero-order chi connectivity index (χ0) is 25.7. The van der Waals surface area contributed by atoms with E-state index in [2.05, 4.69) is 38.9 Å². The summed E-state index contributed by atoms with van der Waals surface area (Å²) in [5, 5.41) is 11.4. The summed E-state index contributed by atoms with van der Waals surface area (Å²) in [6.45, 7) is 6.21. The number of benzene rings is 1. The first-order valence-corrected chi connectivity index (χ1v) is 12.7. The first kappa shape index (κ1) is 23.7. The number of pyridine rings is 1. The molecule has 0 saturated carbocycles. The fraction of sp³-hybridized carbons (Fsp3) is 0.444. The normalized spacial score (nSPS) is 20.0. The minimum atomic E-state index is -0.593. The molecule has 0 radical (unpaired) electrons. The molecule has 3 aliphatic heterocycles. The molecule has 6 rings (SSSR count). The Morgan fingerprint density at radius 3 is 2.84 bits per heavy atom. The number of ether oxygens (including phenoxy) is 1. The zero-order valence-corrected chi connectivity index (χ0v) is 21.0. The number of carbonyl (C=O) groups excluding carboxylic acids is 2. The Morgan fingerprint density at radius 1 is 1.16 bits per heavy atom. The number of amides is 2. The number of carbonyl (C=O) groups is 2. The quantitative estimate of drug-likeness (QED) is 0.585. The Hall–Kier alpha value is -3.66. The topological polar surface area (TPSA) is 102 Å². The summed E-state index contributed by atoms with van der Waals surface area (Å²) in [6.07, 6.45) is 3.10. The Balaban J connectivity index is 1.22. The molecular formula is C27H29FN6O3. The van der Waals surface area contributed by atoms with Crippen molar-refractivity contribution < 1.29 is 18.7 Å². The minimum absolute atomic E-state index is 0.0580. The number of aromatic nitrogens is 4. The molecule has 37 heavy (non-hydrogen) atoms. The second-order valence-electron chi connectivity index (χ2n) is 10.6. The van der Waals surface area contributed by atoms with E-state index in [1.54, 1.807) is 23.1 Å². The van der Waals surface area contributed by atoms with Crippen molar-refractivity contribution in [2.75, 3.05) is 25.1 Å². The van der Waals surface area contributed by atoms with Crippen LogP contribution < -0.4 is 5.32 Å². The van der Waals surface area contributed by atoms with Crippen LogP contribution in [-0.2, 0) is 34.5 Å². The number of hydrogen-bond donors (Lipinski definition) is 1. The molecule has 1 atom stereocenters. The number of anilines is 1. The zero-order valence-electron chi connectivity index (χ0n) is 21.0. The van der Waals surface area contributed by atoms with Crippen LogP contribution in [0.3, 0.4) is 0 Å². The number of halogens is 1. The van der Waals surface area contributed by atoms with Gasteiger partial charge in [0.05, 0.1) is 18.1 Å².